The lowest BCUT2D eigenvalue weighted by Gasteiger charge is -2.32. The topological polar surface area (TPSA) is 70.7 Å². The smallest absolute Gasteiger partial charge is 0.406 e. The largest absolute Gasteiger partial charge is 0.573 e. The van der Waals surface area contributed by atoms with Crippen LogP contribution in [0.4, 0.5) is 18.9 Å². The SMILES string of the molecule is CSc1ccccc1CN1CCC(CNC(=O)C(=O)Nc2ccc(OC(F)(F)F)cc2)CC1. The molecule has 33 heavy (non-hydrogen) atoms. The van der Waals surface area contributed by atoms with Gasteiger partial charge >= 0.3 is 18.2 Å². The van der Waals surface area contributed by atoms with E-state index in [4.69, 9.17) is 0 Å². The quantitative estimate of drug-likeness (QED) is 0.457. The van der Waals surface area contributed by atoms with Gasteiger partial charge in [0.1, 0.15) is 5.75 Å². The van der Waals surface area contributed by atoms with Gasteiger partial charge in [0.15, 0.2) is 0 Å². The van der Waals surface area contributed by atoms with Crippen molar-refractivity contribution in [1.29, 1.82) is 0 Å². The number of carbonyl (C=O) groups excluding carboxylic acids is 2. The van der Waals surface area contributed by atoms with Gasteiger partial charge in [0, 0.05) is 23.7 Å². The van der Waals surface area contributed by atoms with E-state index in [0.29, 0.717) is 6.54 Å². The van der Waals surface area contributed by atoms with Crippen molar-refractivity contribution in [2.45, 2.75) is 30.6 Å². The Morgan fingerprint density at radius 2 is 1.73 bits per heavy atom. The third-order valence-electron chi connectivity index (χ3n) is 5.40. The van der Waals surface area contributed by atoms with Gasteiger partial charge in [-0.3, -0.25) is 14.5 Å². The van der Waals surface area contributed by atoms with Crippen molar-refractivity contribution in [3.8, 4) is 5.75 Å². The minimum atomic E-state index is -4.79. The number of piperidine rings is 1. The summed E-state index contributed by atoms with van der Waals surface area (Å²) in [7, 11) is 0. The summed E-state index contributed by atoms with van der Waals surface area (Å²) in [6.45, 7) is 3.13. The number of hydrogen-bond acceptors (Lipinski definition) is 5. The Kier molecular flexibility index (Phi) is 8.62. The van der Waals surface area contributed by atoms with Crippen molar-refractivity contribution >= 4 is 29.3 Å². The number of rotatable bonds is 7. The van der Waals surface area contributed by atoms with Gasteiger partial charge in [-0.25, -0.2) is 0 Å². The number of anilines is 1. The zero-order chi connectivity index (χ0) is 23.8. The number of carbonyl (C=O) groups is 2. The lowest BCUT2D eigenvalue weighted by Crippen LogP contribution is -2.41. The predicted octanol–water partition coefficient (Wildman–Crippen LogP) is 4.27. The summed E-state index contributed by atoms with van der Waals surface area (Å²) in [4.78, 5) is 27.9. The van der Waals surface area contributed by atoms with Crippen LogP contribution in [-0.2, 0) is 16.1 Å². The molecule has 2 aromatic carbocycles. The van der Waals surface area contributed by atoms with Crippen LogP contribution in [0.5, 0.6) is 5.75 Å². The van der Waals surface area contributed by atoms with Gasteiger partial charge in [-0.05, 0) is 74.0 Å². The highest BCUT2D eigenvalue weighted by atomic mass is 32.2. The summed E-state index contributed by atoms with van der Waals surface area (Å²) < 4.78 is 40.4. The van der Waals surface area contributed by atoms with Crippen molar-refractivity contribution in [2.24, 2.45) is 5.92 Å². The zero-order valence-electron chi connectivity index (χ0n) is 18.2. The molecule has 0 aromatic heterocycles. The molecule has 0 radical (unpaired) electrons. The molecule has 178 valence electrons. The molecule has 0 aliphatic carbocycles. The Morgan fingerprint density at radius 3 is 2.36 bits per heavy atom. The standard InChI is InChI=1S/C23H26F3N3O3S/c1-33-20-5-3-2-4-17(20)15-29-12-10-16(11-13-29)14-27-21(30)22(31)28-18-6-8-19(9-7-18)32-23(24,25)26/h2-9,16H,10-15H2,1H3,(H,27,30)(H,28,31). The predicted molar refractivity (Wildman–Crippen MR) is 121 cm³/mol. The van der Waals surface area contributed by atoms with Gasteiger partial charge < -0.3 is 15.4 Å². The van der Waals surface area contributed by atoms with Crippen molar-refractivity contribution in [3.63, 3.8) is 0 Å². The van der Waals surface area contributed by atoms with Crippen LogP contribution in [0.3, 0.4) is 0 Å². The van der Waals surface area contributed by atoms with Crippen molar-refractivity contribution in [2.75, 3.05) is 31.2 Å². The Bertz CT molecular complexity index is 946. The molecule has 1 aliphatic heterocycles. The van der Waals surface area contributed by atoms with Gasteiger partial charge in [0.2, 0.25) is 0 Å². The summed E-state index contributed by atoms with van der Waals surface area (Å²) in [5.41, 5.74) is 1.51. The number of benzene rings is 2. The van der Waals surface area contributed by atoms with E-state index in [1.165, 1.54) is 22.6 Å². The van der Waals surface area contributed by atoms with Crippen LogP contribution < -0.4 is 15.4 Å². The van der Waals surface area contributed by atoms with E-state index in [1.807, 2.05) is 12.1 Å². The molecule has 2 amide bonds. The normalized spacial score (nSPS) is 15.2. The molecule has 1 saturated heterocycles. The van der Waals surface area contributed by atoms with Crippen LogP contribution in [0.15, 0.2) is 53.4 Å². The third kappa shape index (κ3) is 7.97. The molecule has 10 heteroatoms. The minimum Gasteiger partial charge on any atom is -0.406 e. The number of hydrogen-bond donors (Lipinski definition) is 2. The number of nitrogens with zero attached hydrogens (tertiary/aromatic N) is 1. The second-order valence-electron chi connectivity index (χ2n) is 7.77. The fourth-order valence-corrected chi connectivity index (χ4v) is 4.28. The molecule has 2 N–H and O–H groups in total. The first kappa shape index (κ1) is 24.9. The third-order valence-corrected chi connectivity index (χ3v) is 6.24. The molecule has 0 atom stereocenters. The number of halogens is 3. The number of alkyl halides is 3. The van der Waals surface area contributed by atoms with Gasteiger partial charge in [0.25, 0.3) is 0 Å². The van der Waals surface area contributed by atoms with E-state index in [2.05, 4.69) is 38.7 Å². The summed E-state index contributed by atoms with van der Waals surface area (Å²) in [6, 6.07) is 12.9. The molecule has 0 spiro atoms. The summed E-state index contributed by atoms with van der Waals surface area (Å²) in [5, 5.41) is 5.02. The second kappa shape index (κ2) is 11.4. The van der Waals surface area contributed by atoms with Crippen LogP contribution in [0, 0.1) is 5.92 Å². The number of amides is 2. The van der Waals surface area contributed by atoms with E-state index in [1.54, 1.807) is 11.8 Å². The monoisotopic (exact) mass is 481 g/mol. The van der Waals surface area contributed by atoms with Gasteiger partial charge in [-0.15, -0.1) is 24.9 Å². The van der Waals surface area contributed by atoms with E-state index >= 15 is 0 Å². The van der Waals surface area contributed by atoms with E-state index in [-0.39, 0.29) is 11.6 Å². The number of likely N-dealkylation sites (tertiary alicyclic amines) is 1. The molecule has 0 saturated carbocycles. The van der Waals surface area contributed by atoms with Crippen molar-refractivity contribution < 1.29 is 27.5 Å². The summed E-state index contributed by atoms with van der Waals surface area (Å²) >= 11 is 1.74. The first-order valence-electron chi connectivity index (χ1n) is 10.5. The average Bonchev–Trinajstić information content (AvgIpc) is 2.79. The zero-order valence-corrected chi connectivity index (χ0v) is 19.0. The Labute approximate surface area is 194 Å². The fraction of sp³-hybridized carbons (Fsp3) is 0.391. The highest BCUT2D eigenvalue weighted by Crippen LogP contribution is 2.25. The molecular formula is C23H26F3N3O3S. The maximum Gasteiger partial charge on any atom is 0.573 e. The van der Waals surface area contributed by atoms with Crippen LogP contribution in [0.2, 0.25) is 0 Å². The van der Waals surface area contributed by atoms with Crippen LogP contribution >= 0.6 is 11.8 Å². The molecule has 1 fully saturated rings. The van der Waals surface area contributed by atoms with Gasteiger partial charge in [-0.2, -0.15) is 0 Å². The van der Waals surface area contributed by atoms with Crippen molar-refractivity contribution in [1.82, 2.24) is 10.2 Å². The highest BCUT2D eigenvalue weighted by molar-refractivity contribution is 7.98. The van der Waals surface area contributed by atoms with Crippen LogP contribution in [-0.4, -0.2) is 49.0 Å². The highest BCUT2D eigenvalue weighted by Gasteiger charge is 2.31. The Balaban J connectivity index is 1.39. The first-order chi connectivity index (χ1) is 15.7. The first-order valence-corrected chi connectivity index (χ1v) is 11.7. The lowest BCUT2D eigenvalue weighted by atomic mass is 9.96. The van der Waals surface area contributed by atoms with E-state index in [9.17, 15) is 22.8 Å². The molecular weight excluding hydrogens is 455 g/mol. The minimum absolute atomic E-state index is 0.198. The molecule has 1 aliphatic rings. The van der Waals surface area contributed by atoms with Gasteiger partial charge in [0.05, 0.1) is 0 Å². The lowest BCUT2D eigenvalue weighted by molar-refractivity contribution is -0.274. The second-order valence-corrected chi connectivity index (χ2v) is 8.62. The maximum atomic E-state index is 12.2. The average molecular weight is 482 g/mol. The molecule has 0 bridgehead atoms. The van der Waals surface area contributed by atoms with Crippen LogP contribution in [0.25, 0.3) is 0 Å². The molecule has 0 unspecified atom stereocenters. The Morgan fingerprint density at radius 1 is 1.06 bits per heavy atom. The van der Waals surface area contributed by atoms with Crippen molar-refractivity contribution in [3.05, 3.63) is 54.1 Å². The van der Waals surface area contributed by atoms with E-state index < -0.39 is 23.9 Å². The summed E-state index contributed by atoms with van der Waals surface area (Å²) in [5.74, 6) is -1.77. The maximum absolute atomic E-state index is 12.2. The number of thioether (sulfide) groups is 1. The number of ether oxygens (including phenoxy) is 1. The molecule has 1 heterocycles. The van der Waals surface area contributed by atoms with Gasteiger partial charge in [-0.1, -0.05) is 18.2 Å². The summed E-state index contributed by atoms with van der Waals surface area (Å²) in [6.07, 6.45) is -0.880. The fourth-order valence-electron chi connectivity index (χ4n) is 3.67. The van der Waals surface area contributed by atoms with Crippen LogP contribution in [0.1, 0.15) is 18.4 Å². The Hall–Kier alpha value is -2.72. The molecule has 3 rings (SSSR count). The van der Waals surface area contributed by atoms with E-state index in [0.717, 1.165) is 44.6 Å². The molecule has 6 nitrogen and oxygen atoms in total. The molecule has 2 aromatic rings. The number of nitrogens with one attached hydrogen (secondary N) is 2.